The normalized spacial score (nSPS) is 12.3. The lowest BCUT2D eigenvalue weighted by Crippen LogP contribution is -2.25. The highest BCUT2D eigenvalue weighted by molar-refractivity contribution is 5.65. The quantitative estimate of drug-likeness (QED) is 0.579. The van der Waals surface area contributed by atoms with Crippen molar-refractivity contribution in [1.29, 1.82) is 0 Å². The number of nitrogens with zero attached hydrogens (tertiary/aromatic N) is 3. The molecule has 4 nitrogen and oxygen atoms in total. The first kappa shape index (κ1) is 20.1. The van der Waals surface area contributed by atoms with Crippen LogP contribution in [0.3, 0.4) is 0 Å². The van der Waals surface area contributed by atoms with E-state index in [9.17, 15) is 22.4 Å². The second-order valence-corrected chi connectivity index (χ2v) is 6.86. The molecule has 0 spiro atoms. The maximum absolute atomic E-state index is 14.5. The monoisotopic (exact) mass is 395 g/mol. The predicted molar refractivity (Wildman–Crippen MR) is 98.9 cm³/mol. The molecule has 0 unspecified atom stereocenters. The number of hydrogen-bond donors (Lipinski definition) is 0. The van der Waals surface area contributed by atoms with Gasteiger partial charge in [-0.05, 0) is 49.4 Å². The van der Waals surface area contributed by atoms with Crippen LogP contribution in [-0.4, -0.2) is 14.2 Å². The van der Waals surface area contributed by atoms with Gasteiger partial charge >= 0.3 is 6.18 Å². The molecule has 2 heterocycles. The van der Waals surface area contributed by atoms with Crippen molar-refractivity contribution in [2.75, 3.05) is 0 Å². The molecule has 0 saturated carbocycles. The fraction of sp³-hybridized carbons (Fsp3) is 0.400. The van der Waals surface area contributed by atoms with Crippen LogP contribution in [-0.2, 0) is 13.2 Å². The summed E-state index contributed by atoms with van der Waals surface area (Å²) in [6.07, 6.45) is -3.16. The van der Waals surface area contributed by atoms with Gasteiger partial charge in [-0.2, -0.15) is 13.2 Å². The Kier molecular flexibility index (Phi) is 5.08. The lowest BCUT2D eigenvalue weighted by Gasteiger charge is -2.16. The molecule has 2 aromatic heterocycles. The Morgan fingerprint density at radius 2 is 1.82 bits per heavy atom. The third kappa shape index (κ3) is 3.10. The van der Waals surface area contributed by atoms with Crippen molar-refractivity contribution in [2.24, 2.45) is 7.05 Å². The van der Waals surface area contributed by atoms with Crippen molar-refractivity contribution < 1.29 is 17.6 Å². The summed E-state index contributed by atoms with van der Waals surface area (Å²) < 4.78 is 57.1. The molecule has 0 atom stereocenters. The summed E-state index contributed by atoms with van der Waals surface area (Å²) >= 11 is 0. The Labute approximate surface area is 159 Å². The molecule has 0 N–H and O–H groups in total. The first-order valence-corrected chi connectivity index (χ1v) is 9.07. The van der Waals surface area contributed by atoms with E-state index < -0.39 is 28.7 Å². The highest BCUT2D eigenvalue weighted by Crippen LogP contribution is 2.38. The summed E-state index contributed by atoms with van der Waals surface area (Å²) in [4.78, 5) is 13.1. The summed E-state index contributed by atoms with van der Waals surface area (Å²) in [5, 5.41) is 4.25. The Bertz CT molecular complexity index is 1090. The van der Waals surface area contributed by atoms with Crippen LogP contribution in [0.4, 0.5) is 17.6 Å². The number of benzene rings is 1. The van der Waals surface area contributed by atoms with Crippen LogP contribution >= 0.6 is 0 Å². The van der Waals surface area contributed by atoms with Crippen molar-refractivity contribution >= 4 is 5.52 Å². The number of halogens is 4. The number of fused-ring (bicyclic) bond motifs is 1. The number of hydrogen-bond acceptors (Lipinski definition) is 2. The molecule has 3 rings (SSSR count). The molecule has 150 valence electrons. The van der Waals surface area contributed by atoms with Crippen molar-refractivity contribution in [3.63, 3.8) is 0 Å². The predicted octanol–water partition coefficient (Wildman–Crippen LogP) is 5.07. The molecule has 3 aromatic rings. The van der Waals surface area contributed by atoms with Gasteiger partial charge < -0.3 is 0 Å². The fourth-order valence-electron chi connectivity index (χ4n) is 3.66. The molecule has 28 heavy (non-hydrogen) atoms. The number of rotatable bonds is 4. The summed E-state index contributed by atoms with van der Waals surface area (Å²) in [5.41, 5.74) is -0.653. The Morgan fingerprint density at radius 1 is 1.18 bits per heavy atom. The van der Waals surface area contributed by atoms with Crippen LogP contribution in [0, 0.1) is 12.7 Å². The fourth-order valence-corrected chi connectivity index (χ4v) is 3.66. The molecule has 0 saturated heterocycles. The first-order chi connectivity index (χ1) is 13.1. The van der Waals surface area contributed by atoms with E-state index in [1.807, 2.05) is 19.9 Å². The zero-order chi connectivity index (χ0) is 20.8. The molecule has 0 fully saturated rings. The van der Waals surface area contributed by atoms with E-state index in [4.69, 9.17) is 0 Å². The van der Waals surface area contributed by atoms with Gasteiger partial charge in [0.05, 0.1) is 11.1 Å². The Hall–Kier alpha value is -2.64. The molecule has 0 aliphatic carbocycles. The number of aryl methyl sites for hydroxylation is 1. The zero-order valence-corrected chi connectivity index (χ0v) is 16.1. The maximum atomic E-state index is 14.5. The minimum absolute atomic E-state index is 0.128. The molecule has 0 radical (unpaired) electrons. The summed E-state index contributed by atoms with van der Waals surface area (Å²) in [5.74, 6) is -1.32. The van der Waals surface area contributed by atoms with Crippen LogP contribution in [0.15, 0.2) is 29.1 Å². The molecular formula is C20H21F4N3O. The lowest BCUT2D eigenvalue weighted by molar-refractivity contribution is -0.137. The van der Waals surface area contributed by atoms with Crippen LogP contribution in [0.1, 0.15) is 49.4 Å². The van der Waals surface area contributed by atoms with Crippen molar-refractivity contribution in [3.8, 4) is 11.4 Å². The number of alkyl halides is 3. The van der Waals surface area contributed by atoms with Crippen molar-refractivity contribution in [1.82, 2.24) is 14.2 Å². The van der Waals surface area contributed by atoms with Crippen LogP contribution in [0.25, 0.3) is 16.9 Å². The van der Waals surface area contributed by atoms with Gasteiger partial charge in [0.2, 0.25) is 0 Å². The summed E-state index contributed by atoms with van der Waals surface area (Å²) in [6.45, 7) is 5.74. The topological polar surface area (TPSA) is 39.3 Å². The third-order valence-electron chi connectivity index (χ3n) is 5.17. The molecule has 1 aromatic carbocycles. The van der Waals surface area contributed by atoms with E-state index in [2.05, 4.69) is 5.10 Å². The molecule has 0 aliphatic rings. The average Bonchev–Trinajstić information content (AvgIpc) is 2.95. The molecule has 0 bridgehead atoms. The van der Waals surface area contributed by atoms with E-state index in [-0.39, 0.29) is 11.7 Å². The third-order valence-corrected chi connectivity index (χ3v) is 5.17. The second-order valence-electron chi connectivity index (χ2n) is 6.86. The minimum Gasteiger partial charge on any atom is -0.292 e. The molecule has 0 aliphatic heterocycles. The second kappa shape index (κ2) is 7.07. The van der Waals surface area contributed by atoms with Gasteiger partial charge in [0.15, 0.2) is 5.82 Å². The molecule has 0 amide bonds. The summed E-state index contributed by atoms with van der Waals surface area (Å²) in [6, 6.07) is 4.54. The van der Waals surface area contributed by atoms with Crippen molar-refractivity contribution in [2.45, 2.75) is 45.7 Å². The van der Waals surface area contributed by atoms with E-state index in [0.29, 0.717) is 11.2 Å². The maximum Gasteiger partial charge on any atom is 0.417 e. The number of aromatic nitrogens is 3. The van der Waals surface area contributed by atoms with Gasteiger partial charge in [0.25, 0.3) is 5.56 Å². The van der Waals surface area contributed by atoms with E-state index >= 15 is 0 Å². The van der Waals surface area contributed by atoms with Gasteiger partial charge in [0, 0.05) is 12.7 Å². The molecular weight excluding hydrogens is 374 g/mol. The van der Waals surface area contributed by atoms with Gasteiger partial charge in [-0.3, -0.25) is 9.36 Å². The van der Waals surface area contributed by atoms with E-state index in [0.717, 1.165) is 41.2 Å². The first-order valence-electron chi connectivity index (χ1n) is 9.07. The Morgan fingerprint density at radius 3 is 2.39 bits per heavy atom. The van der Waals surface area contributed by atoms with E-state index in [1.165, 1.54) is 11.6 Å². The van der Waals surface area contributed by atoms with Crippen molar-refractivity contribution in [3.05, 3.63) is 57.3 Å². The standard InChI is InChI=1S/C20H21F4N3O/c1-5-12(6-2)13-10-11(3)27-17(13)19(28)26(4)18(25-27)16-14(20(22,23)24)8-7-9-15(16)21/h7-10,12H,5-6H2,1-4H3. The highest BCUT2D eigenvalue weighted by Gasteiger charge is 2.36. The van der Waals surface area contributed by atoms with E-state index in [1.54, 1.807) is 6.92 Å². The zero-order valence-electron chi connectivity index (χ0n) is 16.1. The van der Waals surface area contributed by atoms with Gasteiger partial charge in [0.1, 0.15) is 11.3 Å². The highest BCUT2D eigenvalue weighted by atomic mass is 19.4. The van der Waals surface area contributed by atoms with Gasteiger partial charge in [-0.25, -0.2) is 8.91 Å². The smallest absolute Gasteiger partial charge is 0.292 e. The minimum atomic E-state index is -4.78. The SMILES string of the molecule is CCC(CC)c1cc(C)n2nc(-c3c(F)cccc3C(F)(F)F)n(C)c(=O)c12. The molecule has 8 heteroatoms. The Balaban J connectivity index is 2.41. The van der Waals surface area contributed by atoms with Gasteiger partial charge in [-0.1, -0.05) is 19.9 Å². The van der Waals surface area contributed by atoms with Crippen LogP contribution in [0.5, 0.6) is 0 Å². The largest absolute Gasteiger partial charge is 0.417 e. The van der Waals surface area contributed by atoms with Crippen LogP contribution < -0.4 is 5.56 Å². The average molecular weight is 395 g/mol. The lowest BCUT2D eigenvalue weighted by atomic mass is 9.95. The summed E-state index contributed by atoms with van der Waals surface area (Å²) in [7, 11) is 1.32. The van der Waals surface area contributed by atoms with Gasteiger partial charge in [-0.15, -0.1) is 5.10 Å². The van der Waals surface area contributed by atoms with Crippen LogP contribution in [0.2, 0.25) is 0 Å².